The Morgan fingerprint density at radius 2 is 0.714 bits per heavy atom. The molecule has 0 saturated heterocycles. The van der Waals surface area contributed by atoms with Gasteiger partial charge in [0.2, 0.25) is 0 Å². The van der Waals surface area contributed by atoms with Crippen LogP contribution in [0.3, 0.4) is 0 Å². The maximum Gasteiger partial charge on any atom is 0.0714 e. The summed E-state index contributed by atoms with van der Waals surface area (Å²) in [5, 5.41) is 4.82. The van der Waals surface area contributed by atoms with Gasteiger partial charge in [-0.1, -0.05) is 267 Å². The molecule has 0 atom stereocenters. The second-order valence-electron chi connectivity index (χ2n) is 18.3. The van der Waals surface area contributed by atoms with Crippen molar-refractivity contribution in [3.05, 3.63) is 307 Å². The van der Waals surface area contributed by atoms with E-state index in [4.69, 9.17) is 0 Å². The summed E-state index contributed by atoms with van der Waals surface area (Å²) in [5.74, 6) is 0. The molecule has 1 aliphatic rings. The summed E-state index contributed by atoms with van der Waals surface area (Å²) < 4.78 is 0. The predicted molar refractivity (Wildman–Crippen MR) is 295 cm³/mol. The van der Waals surface area contributed by atoms with Crippen molar-refractivity contribution in [2.75, 3.05) is 4.90 Å². The molecule has 0 N–H and O–H groups in total. The molecule has 0 spiro atoms. The van der Waals surface area contributed by atoms with Crippen LogP contribution in [0.4, 0.5) is 17.1 Å². The third kappa shape index (κ3) is 6.62. The molecule has 0 aromatic heterocycles. The Morgan fingerprint density at radius 3 is 1.34 bits per heavy atom. The summed E-state index contributed by atoms with van der Waals surface area (Å²) in [6.45, 7) is 0. The molecule has 1 aliphatic carbocycles. The quantitative estimate of drug-likeness (QED) is 0.131. The lowest BCUT2D eigenvalue weighted by Crippen LogP contribution is -2.28. The van der Waals surface area contributed by atoms with Gasteiger partial charge in [-0.15, -0.1) is 0 Å². The molecule has 0 heterocycles. The Kier molecular flexibility index (Phi) is 10.1. The van der Waals surface area contributed by atoms with Crippen LogP contribution in [0.1, 0.15) is 22.3 Å². The van der Waals surface area contributed by atoms with Crippen molar-refractivity contribution in [3.63, 3.8) is 0 Å². The Morgan fingerprint density at radius 1 is 0.257 bits per heavy atom. The fourth-order valence-electron chi connectivity index (χ4n) is 11.6. The van der Waals surface area contributed by atoms with Crippen LogP contribution in [0, 0.1) is 0 Å². The summed E-state index contributed by atoms with van der Waals surface area (Å²) in [4.78, 5) is 2.61. The fourth-order valence-corrected chi connectivity index (χ4v) is 11.6. The first-order valence-corrected chi connectivity index (χ1v) is 24.3. The Hall–Kier alpha value is -9.04. The van der Waals surface area contributed by atoms with Gasteiger partial charge in [-0.25, -0.2) is 0 Å². The van der Waals surface area contributed by atoms with Crippen molar-refractivity contribution in [1.82, 2.24) is 0 Å². The van der Waals surface area contributed by atoms with Crippen molar-refractivity contribution < 1.29 is 0 Å². The van der Waals surface area contributed by atoms with E-state index < -0.39 is 5.41 Å². The predicted octanol–water partition coefficient (Wildman–Crippen LogP) is 18.5. The number of nitrogens with zero attached hydrogens (tertiary/aromatic N) is 1. The van der Waals surface area contributed by atoms with E-state index >= 15 is 0 Å². The zero-order valence-corrected chi connectivity index (χ0v) is 38.6. The molecule has 0 saturated carbocycles. The van der Waals surface area contributed by atoms with E-state index in [0.29, 0.717) is 0 Å². The van der Waals surface area contributed by atoms with Crippen LogP contribution in [0.25, 0.3) is 77.2 Å². The lowest BCUT2D eigenvalue weighted by atomic mass is 9.68. The number of benzene rings is 12. The van der Waals surface area contributed by atoms with Crippen LogP contribution in [0.15, 0.2) is 285 Å². The minimum Gasteiger partial charge on any atom is -0.309 e. The second-order valence-corrected chi connectivity index (χ2v) is 18.3. The summed E-state index contributed by atoms with van der Waals surface area (Å²) in [6, 6.07) is 105. The first kappa shape index (κ1) is 41.2. The number of hydrogen-bond acceptors (Lipinski definition) is 1. The van der Waals surface area contributed by atoms with Gasteiger partial charge < -0.3 is 4.90 Å². The maximum atomic E-state index is 2.61. The molecule has 70 heavy (non-hydrogen) atoms. The Labute approximate surface area is 409 Å². The SMILES string of the molecule is c1ccc(-c2ccc(-c3c(N(c4ccc(-c5ccccc5)c(-c5ccccc5)c4)c4cccc5c4-c4ccccc4C5(c4ccccc4)c4ccccc4)c4ccccc4c4ccccc34)cc2)cc1. The topological polar surface area (TPSA) is 3.24 Å². The molecule has 328 valence electrons. The standard InChI is InChI=1S/C69H47N/c1-6-23-48(24-7-1)49-41-43-52(44-42-49)66-59-35-18-16-33-57(59)58-34-17-19-36-60(58)68(66)70(55-45-46-56(50-25-8-2-9-26-50)62(47-55)51-27-10-3-11-28-51)65-40-22-39-64-67(65)61-37-20-21-38-63(61)69(64,53-29-12-4-13-30-53)54-31-14-5-15-32-54/h1-47H. The largest absolute Gasteiger partial charge is 0.309 e. The summed E-state index contributed by atoms with van der Waals surface area (Å²) >= 11 is 0. The zero-order valence-electron chi connectivity index (χ0n) is 38.6. The van der Waals surface area contributed by atoms with E-state index in [-0.39, 0.29) is 0 Å². The van der Waals surface area contributed by atoms with E-state index in [0.717, 1.165) is 22.6 Å². The third-order valence-corrected chi connectivity index (χ3v) is 14.5. The molecule has 0 amide bonds. The molecular formula is C69H47N. The van der Waals surface area contributed by atoms with Gasteiger partial charge in [0.05, 0.1) is 16.8 Å². The molecule has 1 heteroatoms. The van der Waals surface area contributed by atoms with E-state index in [1.807, 2.05) is 0 Å². The fraction of sp³-hybridized carbons (Fsp3) is 0.0145. The van der Waals surface area contributed by atoms with Gasteiger partial charge in [-0.2, -0.15) is 0 Å². The lowest BCUT2D eigenvalue weighted by Gasteiger charge is -2.35. The average Bonchev–Trinajstić information content (AvgIpc) is 3.76. The summed E-state index contributed by atoms with van der Waals surface area (Å²) in [6.07, 6.45) is 0. The highest BCUT2D eigenvalue weighted by Gasteiger charge is 2.47. The van der Waals surface area contributed by atoms with E-state index in [1.165, 1.54) is 93.9 Å². The number of anilines is 3. The molecule has 12 aromatic carbocycles. The summed E-state index contributed by atoms with van der Waals surface area (Å²) in [7, 11) is 0. The summed E-state index contributed by atoms with van der Waals surface area (Å²) in [5.41, 5.74) is 19.6. The molecule has 0 radical (unpaired) electrons. The van der Waals surface area contributed by atoms with Crippen molar-refractivity contribution >= 4 is 38.6 Å². The van der Waals surface area contributed by atoms with Gasteiger partial charge in [-0.3, -0.25) is 0 Å². The second kappa shape index (κ2) is 17.2. The van der Waals surface area contributed by atoms with Gasteiger partial charge in [0.15, 0.2) is 0 Å². The van der Waals surface area contributed by atoms with E-state index in [2.05, 4.69) is 290 Å². The van der Waals surface area contributed by atoms with Crippen molar-refractivity contribution in [2.45, 2.75) is 5.41 Å². The van der Waals surface area contributed by atoms with Gasteiger partial charge >= 0.3 is 0 Å². The Bertz CT molecular complexity index is 3800. The molecule has 0 unspecified atom stereocenters. The highest BCUT2D eigenvalue weighted by molar-refractivity contribution is 6.23. The van der Waals surface area contributed by atoms with Crippen LogP contribution < -0.4 is 4.90 Å². The van der Waals surface area contributed by atoms with Gasteiger partial charge in [0.1, 0.15) is 0 Å². The molecule has 0 fully saturated rings. The molecule has 1 nitrogen and oxygen atoms in total. The van der Waals surface area contributed by atoms with Crippen LogP contribution in [-0.2, 0) is 5.41 Å². The van der Waals surface area contributed by atoms with Crippen molar-refractivity contribution in [1.29, 1.82) is 0 Å². The van der Waals surface area contributed by atoms with Gasteiger partial charge in [0, 0.05) is 22.2 Å². The van der Waals surface area contributed by atoms with Gasteiger partial charge in [-0.05, 0) is 101 Å². The van der Waals surface area contributed by atoms with Crippen LogP contribution in [0.2, 0.25) is 0 Å². The molecular weight excluding hydrogens is 843 g/mol. The van der Waals surface area contributed by atoms with Crippen molar-refractivity contribution in [3.8, 4) is 55.6 Å². The minimum atomic E-state index is -0.579. The highest BCUT2D eigenvalue weighted by atomic mass is 15.2. The van der Waals surface area contributed by atoms with Crippen LogP contribution in [0.5, 0.6) is 0 Å². The van der Waals surface area contributed by atoms with Crippen LogP contribution in [-0.4, -0.2) is 0 Å². The van der Waals surface area contributed by atoms with E-state index in [1.54, 1.807) is 0 Å². The normalized spacial score (nSPS) is 12.4. The maximum absolute atomic E-state index is 2.61. The molecule has 0 aliphatic heterocycles. The monoisotopic (exact) mass is 889 g/mol. The number of rotatable bonds is 9. The molecule has 0 bridgehead atoms. The van der Waals surface area contributed by atoms with Crippen molar-refractivity contribution in [2.24, 2.45) is 0 Å². The first-order chi connectivity index (χ1) is 34.8. The average molecular weight is 890 g/mol. The minimum absolute atomic E-state index is 0.579. The number of hydrogen-bond donors (Lipinski definition) is 0. The zero-order chi connectivity index (χ0) is 46.4. The number of fused-ring (bicyclic) bond motifs is 6. The molecule has 12 aromatic rings. The van der Waals surface area contributed by atoms with Crippen LogP contribution >= 0.6 is 0 Å². The third-order valence-electron chi connectivity index (χ3n) is 14.5. The highest BCUT2D eigenvalue weighted by Crippen LogP contribution is 2.61. The van der Waals surface area contributed by atoms with E-state index in [9.17, 15) is 0 Å². The first-order valence-electron chi connectivity index (χ1n) is 24.3. The smallest absolute Gasteiger partial charge is 0.0714 e. The Balaban J connectivity index is 1.18. The lowest BCUT2D eigenvalue weighted by molar-refractivity contribution is 0.768. The molecule has 13 rings (SSSR count). The van der Waals surface area contributed by atoms with Gasteiger partial charge in [0.25, 0.3) is 0 Å².